The van der Waals surface area contributed by atoms with E-state index in [1.807, 2.05) is 6.92 Å². The minimum atomic E-state index is -4.45. The molecule has 2 heterocycles. The van der Waals surface area contributed by atoms with E-state index in [0.29, 0.717) is 13.1 Å². The third-order valence-electron chi connectivity index (χ3n) is 4.25. The van der Waals surface area contributed by atoms with E-state index in [9.17, 15) is 18.0 Å². The Bertz CT molecular complexity index is 739. The number of aromatic amines is 1. The molecule has 1 N–H and O–H groups in total. The molecular weight excluding hydrogens is 319 g/mol. The summed E-state index contributed by atoms with van der Waals surface area (Å²) in [7, 11) is 0. The van der Waals surface area contributed by atoms with Crippen molar-refractivity contribution in [1.82, 2.24) is 14.9 Å². The van der Waals surface area contributed by atoms with Gasteiger partial charge in [0.25, 0.3) is 5.91 Å². The van der Waals surface area contributed by atoms with Crippen LogP contribution in [0.3, 0.4) is 0 Å². The number of hydrogen-bond donors (Lipinski definition) is 1. The molecule has 7 heteroatoms. The van der Waals surface area contributed by atoms with Gasteiger partial charge in [0, 0.05) is 36.5 Å². The molecule has 4 nitrogen and oxygen atoms in total. The molecule has 24 heavy (non-hydrogen) atoms. The Morgan fingerprint density at radius 3 is 2.83 bits per heavy atom. The van der Waals surface area contributed by atoms with Crippen molar-refractivity contribution >= 4 is 5.91 Å². The maximum Gasteiger partial charge on any atom is 0.416 e. The van der Waals surface area contributed by atoms with Gasteiger partial charge >= 0.3 is 6.18 Å². The van der Waals surface area contributed by atoms with Gasteiger partial charge in [-0.15, -0.1) is 0 Å². The Labute approximate surface area is 137 Å². The zero-order valence-corrected chi connectivity index (χ0v) is 13.2. The van der Waals surface area contributed by atoms with Gasteiger partial charge in [0.2, 0.25) is 0 Å². The Hall–Kier alpha value is -2.31. The minimum Gasteiger partial charge on any atom is -0.346 e. The van der Waals surface area contributed by atoms with Gasteiger partial charge in [0.1, 0.15) is 5.82 Å². The average Bonchev–Trinajstić information content (AvgIpc) is 3.00. The molecule has 0 spiro atoms. The van der Waals surface area contributed by atoms with Crippen molar-refractivity contribution in [2.45, 2.75) is 31.9 Å². The molecule has 0 bridgehead atoms. The van der Waals surface area contributed by atoms with Gasteiger partial charge < -0.3 is 9.88 Å². The fourth-order valence-electron chi connectivity index (χ4n) is 3.04. The summed E-state index contributed by atoms with van der Waals surface area (Å²) in [4.78, 5) is 21.7. The van der Waals surface area contributed by atoms with Gasteiger partial charge in [0.15, 0.2) is 0 Å². The highest BCUT2D eigenvalue weighted by molar-refractivity contribution is 5.94. The average molecular weight is 337 g/mol. The summed E-state index contributed by atoms with van der Waals surface area (Å²) in [6, 6.07) is 4.59. The van der Waals surface area contributed by atoms with Crippen LogP contribution in [0, 0.1) is 6.92 Å². The number of aryl methyl sites for hydroxylation is 1. The number of piperidine rings is 1. The topological polar surface area (TPSA) is 49.0 Å². The zero-order valence-electron chi connectivity index (χ0n) is 13.2. The molecule has 0 aliphatic carbocycles. The Morgan fingerprint density at radius 1 is 1.38 bits per heavy atom. The van der Waals surface area contributed by atoms with Gasteiger partial charge in [-0.25, -0.2) is 4.98 Å². The predicted molar refractivity (Wildman–Crippen MR) is 82.6 cm³/mol. The lowest BCUT2D eigenvalue weighted by Gasteiger charge is -2.32. The normalized spacial score (nSPS) is 18.7. The van der Waals surface area contributed by atoms with Gasteiger partial charge in [-0.05, 0) is 38.0 Å². The lowest BCUT2D eigenvalue weighted by molar-refractivity contribution is -0.137. The summed E-state index contributed by atoms with van der Waals surface area (Å²) in [6.45, 7) is 2.91. The number of alkyl halides is 3. The molecule has 128 valence electrons. The molecule has 3 rings (SSSR count). The first-order chi connectivity index (χ1) is 11.3. The highest BCUT2D eigenvalue weighted by atomic mass is 19.4. The zero-order chi connectivity index (χ0) is 17.3. The number of carbonyl (C=O) groups is 1. The van der Waals surface area contributed by atoms with Crippen molar-refractivity contribution in [3.63, 3.8) is 0 Å². The number of H-pyrrole nitrogens is 1. The SMILES string of the molecule is Cc1cnc([C@H]2CCCN(C(=O)c3cccc(C(F)(F)F)c3)C2)[nH]1. The number of likely N-dealkylation sites (tertiary alicyclic amines) is 1. The summed E-state index contributed by atoms with van der Waals surface area (Å²) in [5, 5.41) is 0. The van der Waals surface area contributed by atoms with Gasteiger partial charge in [0.05, 0.1) is 5.56 Å². The number of carbonyl (C=O) groups excluding carboxylic acids is 1. The van der Waals surface area contributed by atoms with Crippen molar-refractivity contribution in [1.29, 1.82) is 0 Å². The number of hydrogen-bond acceptors (Lipinski definition) is 2. The van der Waals surface area contributed by atoms with Gasteiger partial charge in [-0.3, -0.25) is 4.79 Å². The fraction of sp³-hybridized carbons (Fsp3) is 0.412. The number of aromatic nitrogens is 2. The predicted octanol–water partition coefficient (Wildman–Crippen LogP) is 3.76. The van der Waals surface area contributed by atoms with Crippen LogP contribution in [0.2, 0.25) is 0 Å². The monoisotopic (exact) mass is 337 g/mol. The molecule has 0 unspecified atom stereocenters. The maximum atomic E-state index is 12.8. The first-order valence-corrected chi connectivity index (χ1v) is 7.82. The molecule has 1 aliphatic heterocycles. The quantitative estimate of drug-likeness (QED) is 0.907. The third kappa shape index (κ3) is 3.44. The fourth-order valence-corrected chi connectivity index (χ4v) is 3.04. The molecule has 1 aromatic carbocycles. The standard InChI is InChI=1S/C17H18F3N3O/c1-11-9-21-15(22-11)13-5-3-7-23(10-13)16(24)12-4-2-6-14(8-12)17(18,19)20/h2,4,6,8-9,13H,3,5,7,10H2,1H3,(H,21,22)/t13-/m0/s1. The Morgan fingerprint density at radius 2 is 2.17 bits per heavy atom. The van der Waals surface area contributed by atoms with Crippen LogP contribution in [0.4, 0.5) is 13.2 Å². The number of imidazole rings is 1. The van der Waals surface area contributed by atoms with E-state index in [1.165, 1.54) is 12.1 Å². The second kappa shape index (κ2) is 6.30. The Kier molecular flexibility index (Phi) is 4.34. The van der Waals surface area contributed by atoms with E-state index in [1.54, 1.807) is 11.1 Å². The highest BCUT2D eigenvalue weighted by Crippen LogP contribution is 2.30. The molecule has 2 aromatic rings. The number of nitrogens with zero attached hydrogens (tertiary/aromatic N) is 2. The van der Waals surface area contributed by atoms with Crippen LogP contribution < -0.4 is 0 Å². The van der Waals surface area contributed by atoms with E-state index in [2.05, 4.69) is 9.97 Å². The molecular formula is C17H18F3N3O. The Balaban J connectivity index is 1.77. The molecule has 0 radical (unpaired) electrons. The summed E-state index contributed by atoms with van der Waals surface area (Å²) in [6.07, 6.45) is -1.01. The van der Waals surface area contributed by atoms with E-state index in [-0.39, 0.29) is 17.4 Å². The van der Waals surface area contributed by atoms with Crippen LogP contribution in [-0.2, 0) is 6.18 Å². The first kappa shape index (κ1) is 16.5. The molecule has 1 aliphatic rings. The number of rotatable bonds is 2. The molecule has 0 saturated carbocycles. The molecule has 1 saturated heterocycles. The van der Waals surface area contributed by atoms with E-state index >= 15 is 0 Å². The van der Waals surface area contributed by atoms with Crippen molar-refractivity contribution in [3.05, 3.63) is 53.1 Å². The molecule has 1 amide bonds. The second-order valence-corrected chi connectivity index (χ2v) is 6.12. The van der Waals surface area contributed by atoms with Crippen LogP contribution >= 0.6 is 0 Å². The number of halogens is 3. The van der Waals surface area contributed by atoms with Gasteiger partial charge in [-0.1, -0.05) is 6.07 Å². The molecule has 1 atom stereocenters. The van der Waals surface area contributed by atoms with Gasteiger partial charge in [-0.2, -0.15) is 13.2 Å². The van der Waals surface area contributed by atoms with Crippen LogP contribution in [0.5, 0.6) is 0 Å². The van der Waals surface area contributed by atoms with Crippen molar-refractivity contribution < 1.29 is 18.0 Å². The van der Waals surface area contributed by atoms with Crippen LogP contribution in [0.15, 0.2) is 30.5 Å². The molecule has 1 aromatic heterocycles. The van der Waals surface area contributed by atoms with Crippen LogP contribution in [0.1, 0.15) is 46.2 Å². The number of amides is 1. The van der Waals surface area contributed by atoms with Crippen LogP contribution in [0.25, 0.3) is 0 Å². The highest BCUT2D eigenvalue weighted by Gasteiger charge is 2.32. The lowest BCUT2D eigenvalue weighted by atomic mass is 9.96. The van der Waals surface area contributed by atoms with E-state index in [4.69, 9.17) is 0 Å². The first-order valence-electron chi connectivity index (χ1n) is 7.82. The summed E-state index contributed by atoms with van der Waals surface area (Å²) in [5.74, 6) is 0.547. The molecule has 1 fully saturated rings. The van der Waals surface area contributed by atoms with Crippen molar-refractivity contribution in [2.75, 3.05) is 13.1 Å². The second-order valence-electron chi connectivity index (χ2n) is 6.12. The largest absolute Gasteiger partial charge is 0.416 e. The summed E-state index contributed by atoms with van der Waals surface area (Å²) in [5.41, 5.74) is 0.219. The number of benzene rings is 1. The van der Waals surface area contributed by atoms with Crippen molar-refractivity contribution in [3.8, 4) is 0 Å². The smallest absolute Gasteiger partial charge is 0.346 e. The van der Waals surface area contributed by atoms with E-state index < -0.39 is 11.7 Å². The lowest BCUT2D eigenvalue weighted by Crippen LogP contribution is -2.39. The maximum absolute atomic E-state index is 12.8. The third-order valence-corrected chi connectivity index (χ3v) is 4.25. The number of nitrogens with one attached hydrogen (secondary N) is 1. The van der Waals surface area contributed by atoms with Crippen molar-refractivity contribution in [2.24, 2.45) is 0 Å². The summed E-state index contributed by atoms with van der Waals surface area (Å²) >= 11 is 0. The summed E-state index contributed by atoms with van der Waals surface area (Å²) < 4.78 is 38.5. The van der Waals surface area contributed by atoms with Crippen LogP contribution in [-0.4, -0.2) is 33.9 Å². The van der Waals surface area contributed by atoms with E-state index in [0.717, 1.165) is 36.5 Å². The minimum absolute atomic E-state index is 0.0705.